The van der Waals surface area contributed by atoms with Crippen molar-refractivity contribution in [2.24, 2.45) is 10.9 Å². The molecule has 0 aliphatic heterocycles. The second-order valence-electron chi connectivity index (χ2n) is 4.93. The van der Waals surface area contributed by atoms with Gasteiger partial charge in [-0.05, 0) is 32.4 Å². The number of para-hydroxylation sites is 1. The van der Waals surface area contributed by atoms with E-state index in [4.69, 9.17) is 9.47 Å². The van der Waals surface area contributed by atoms with E-state index in [-0.39, 0.29) is 13.2 Å². The third-order valence-electron chi connectivity index (χ3n) is 3.27. The maximum Gasteiger partial charge on any atom is 0.325 e. The van der Waals surface area contributed by atoms with Crippen molar-refractivity contribution in [2.75, 3.05) is 13.2 Å². The zero-order chi connectivity index (χ0) is 17.5. The molecule has 7 heteroatoms. The van der Waals surface area contributed by atoms with Crippen molar-refractivity contribution < 1.29 is 19.1 Å². The Hall–Kier alpha value is -2.83. The number of aliphatic imine (C=N–C) groups is 1. The maximum atomic E-state index is 12.0. The number of carbonyl (C=O) groups excluding carboxylic acids is 2. The minimum atomic E-state index is -1.22. The van der Waals surface area contributed by atoms with Crippen molar-refractivity contribution in [2.45, 2.75) is 20.8 Å². The van der Waals surface area contributed by atoms with Gasteiger partial charge in [0.05, 0.1) is 18.7 Å². The lowest BCUT2D eigenvalue weighted by molar-refractivity contribution is -0.157. The molecule has 0 amide bonds. The lowest BCUT2D eigenvalue weighted by atomic mass is 10.1. The lowest BCUT2D eigenvalue weighted by Crippen LogP contribution is -2.29. The van der Waals surface area contributed by atoms with Gasteiger partial charge in [0.1, 0.15) is 6.33 Å². The number of esters is 2. The van der Waals surface area contributed by atoms with E-state index in [0.29, 0.717) is 5.82 Å². The van der Waals surface area contributed by atoms with Crippen LogP contribution in [0.2, 0.25) is 0 Å². The molecule has 0 radical (unpaired) electrons. The molecule has 24 heavy (non-hydrogen) atoms. The van der Waals surface area contributed by atoms with E-state index < -0.39 is 17.9 Å². The Morgan fingerprint density at radius 3 is 2.46 bits per heavy atom. The van der Waals surface area contributed by atoms with E-state index in [9.17, 15) is 9.59 Å². The first-order valence-electron chi connectivity index (χ1n) is 7.66. The standard InChI is InChI=1S/C17H19N3O4/c1-4-23-16(21)13(17(22)24-5-2)9-18-15-12-8-6-7-11(3)14(12)19-10-20-15/h6-10,13H,4-5H2,1-3H3. The summed E-state index contributed by atoms with van der Waals surface area (Å²) in [4.78, 5) is 36.5. The number of rotatable bonds is 6. The van der Waals surface area contributed by atoms with Gasteiger partial charge in [-0.3, -0.25) is 9.59 Å². The predicted octanol–water partition coefficient (Wildman–Crippen LogP) is 2.38. The number of fused-ring (bicyclic) bond motifs is 1. The minimum absolute atomic E-state index is 0.165. The van der Waals surface area contributed by atoms with Gasteiger partial charge in [0, 0.05) is 11.6 Å². The number of hydrogen-bond acceptors (Lipinski definition) is 7. The predicted molar refractivity (Wildman–Crippen MR) is 89.2 cm³/mol. The molecule has 0 N–H and O–H groups in total. The molecule has 1 aromatic carbocycles. The molecule has 0 saturated carbocycles. The van der Waals surface area contributed by atoms with Crippen molar-refractivity contribution in [3.05, 3.63) is 30.1 Å². The van der Waals surface area contributed by atoms with Gasteiger partial charge in [0.25, 0.3) is 0 Å². The summed E-state index contributed by atoms with van der Waals surface area (Å²) >= 11 is 0. The molecular formula is C17H19N3O4. The van der Waals surface area contributed by atoms with Crippen LogP contribution >= 0.6 is 0 Å². The van der Waals surface area contributed by atoms with E-state index >= 15 is 0 Å². The molecule has 0 atom stereocenters. The zero-order valence-corrected chi connectivity index (χ0v) is 13.9. The third kappa shape index (κ3) is 3.92. The Bertz CT molecular complexity index is 756. The first-order valence-corrected chi connectivity index (χ1v) is 7.66. The Morgan fingerprint density at radius 1 is 1.17 bits per heavy atom. The monoisotopic (exact) mass is 329 g/mol. The number of carbonyl (C=O) groups is 2. The van der Waals surface area contributed by atoms with E-state index in [1.54, 1.807) is 13.8 Å². The molecule has 7 nitrogen and oxygen atoms in total. The number of benzene rings is 1. The van der Waals surface area contributed by atoms with E-state index in [1.165, 1.54) is 12.5 Å². The highest BCUT2D eigenvalue weighted by atomic mass is 16.6. The minimum Gasteiger partial charge on any atom is -0.465 e. The molecule has 0 unspecified atom stereocenters. The molecule has 1 aromatic heterocycles. The van der Waals surface area contributed by atoms with Crippen molar-refractivity contribution in [3.63, 3.8) is 0 Å². The van der Waals surface area contributed by atoms with Gasteiger partial charge in [-0.1, -0.05) is 12.1 Å². The molecule has 0 aliphatic carbocycles. The highest BCUT2D eigenvalue weighted by molar-refractivity contribution is 6.09. The SMILES string of the molecule is CCOC(=O)C(C=Nc1ncnc2c(C)cccc12)C(=O)OCC. The van der Waals surface area contributed by atoms with Crippen molar-refractivity contribution in [1.29, 1.82) is 0 Å². The topological polar surface area (TPSA) is 90.7 Å². The molecule has 2 rings (SSSR count). The summed E-state index contributed by atoms with van der Waals surface area (Å²) in [5.41, 5.74) is 1.75. The summed E-state index contributed by atoms with van der Waals surface area (Å²) in [6.07, 6.45) is 2.60. The van der Waals surface area contributed by atoms with Gasteiger partial charge in [-0.2, -0.15) is 0 Å². The van der Waals surface area contributed by atoms with Crippen molar-refractivity contribution >= 4 is 34.9 Å². The van der Waals surface area contributed by atoms with Crippen LogP contribution in [0.15, 0.2) is 29.5 Å². The summed E-state index contributed by atoms with van der Waals surface area (Å²) in [5.74, 6) is -2.24. The van der Waals surface area contributed by atoms with E-state index in [2.05, 4.69) is 15.0 Å². The van der Waals surface area contributed by atoms with Crippen LogP contribution in [-0.2, 0) is 19.1 Å². The summed E-state index contributed by atoms with van der Waals surface area (Å²) in [5, 5.41) is 0.736. The third-order valence-corrected chi connectivity index (χ3v) is 3.27. The Balaban J connectivity index is 2.37. The Morgan fingerprint density at radius 2 is 1.83 bits per heavy atom. The van der Waals surface area contributed by atoms with Crippen LogP contribution in [0.3, 0.4) is 0 Å². The van der Waals surface area contributed by atoms with Gasteiger partial charge >= 0.3 is 11.9 Å². The van der Waals surface area contributed by atoms with Gasteiger partial charge < -0.3 is 9.47 Å². The quantitative estimate of drug-likeness (QED) is 0.459. The fourth-order valence-electron chi connectivity index (χ4n) is 2.15. The van der Waals surface area contributed by atoms with E-state index in [0.717, 1.165) is 16.5 Å². The van der Waals surface area contributed by atoms with Crippen LogP contribution in [0, 0.1) is 12.8 Å². The summed E-state index contributed by atoms with van der Waals surface area (Å²) in [6, 6.07) is 5.63. The van der Waals surface area contributed by atoms with Gasteiger partial charge in [0.2, 0.25) is 0 Å². The zero-order valence-electron chi connectivity index (χ0n) is 13.9. The second kappa shape index (κ2) is 8.14. The van der Waals surface area contributed by atoms with Crippen LogP contribution in [-0.4, -0.2) is 41.3 Å². The Labute approximate surface area is 139 Å². The normalized spacial score (nSPS) is 11.2. The smallest absolute Gasteiger partial charge is 0.325 e. The Kier molecular flexibility index (Phi) is 5.95. The van der Waals surface area contributed by atoms with Gasteiger partial charge in [-0.15, -0.1) is 0 Å². The van der Waals surface area contributed by atoms with Crippen LogP contribution in [0.5, 0.6) is 0 Å². The average molecular weight is 329 g/mol. The molecule has 0 fully saturated rings. The fraction of sp³-hybridized carbons (Fsp3) is 0.353. The largest absolute Gasteiger partial charge is 0.465 e. The first-order chi connectivity index (χ1) is 11.6. The van der Waals surface area contributed by atoms with E-state index in [1.807, 2.05) is 25.1 Å². The number of aromatic nitrogens is 2. The molecule has 0 saturated heterocycles. The number of aryl methyl sites for hydroxylation is 1. The molecule has 0 aliphatic rings. The van der Waals surface area contributed by atoms with Crippen molar-refractivity contribution in [1.82, 2.24) is 9.97 Å². The number of ether oxygens (including phenoxy) is 2. The van der Waals surface area contributed by atoms with Crippen LogP contribution in [0.1, 0.15) is 19.4 Å². The average Bonchev–Trinajstić information content (AvgIpc) is 2.56. The summed E-state index contributed by atoms with van der Waals surface area (Å²) in [7, 11) is 0. The molecule has 126 valence electrons. The highest BCUT2D eigenvalue weighted by Crippen LogP contribution is 2.23. The molecule has 2 aromatic rings. The van der Waals surface area contributed by atoms with Crippen LogP contribution in [0.25, 0.3) is 10.9 Å². The summed E-state index contributed by atoms with van der Waals surface area (Å²) in [6.45, 7) is 5.59. The van der Waals surface area contributed by atoms with Crippen LogP contribution in [0.4, 0.5) is 5.82 Å². The van der Waals surface area contributed by atoms with Gasteiger partial charge in [0.15, 0.2) is 11.7 Å². The first kappa shape index (κ1) is 17.5. The number of hydrogen-bond donors (Lipinski definition) is 0. The molecule has 1 heterocycles. The maximum absolute atomic E-state index is 12.0. The molecule has 0 spiro atoms. The highest BCUT2D eigenvalue weighted by Gasteiger charge is 2.27. The van der Waals surface area contributed by atoms with Crippen LogP contribution < -0.4 is 0 Å². The molecular weight excluding hydrogens is 310 g/mol. The summed E-state index contributed by atoms with van der Waals surface area (Å²) < 4.78 is 9.81. The number of nitrogens with zero attached hydrogens (tertiary/aromatic N) is 3. The van der Waals surface area contributed by atoms with Crippen molar-refractivity contribution in [3.8, 4) is 0 Å². The van der Waals surface area contributed by atoms with Gasteiger partial charge in [-0.25, -0.2) is 15.0 Å². The fourth-order valence-corrected chi connectivity index (χ4v) is 2.15. The lowest BCUT2D eigenvalue weighted by Gasteiger charge is -2.10. The second-order valence-corrected chi connectivity index (χ2v) is 4.93. The molecule has 0 bridgehead atoms.